The molecule has 3 nitrogen and oxygen atoms in total. The summed E-state index contributed by atoms with van der Waals surface area (Å²) in [4.78, 5) is 12.1. The van der Waals surface area contributed by atoms with Crippen LogP contribution in [0.15, 0.2) is 0 Å². The van der Waals surface area contributed by atoms with Gasteiger partial charge >= 0.3 is 0 Å². The number of nitrogens with two attached hydrogens (primary N) is 1. The Hall–Kier alpha value is -0.570. The SMILES string of the molecule is CCC(CC)NC(=O)C1CC(C)CC(N)C1. The van der Waals surface area contributed by atoms with Crippen molar-refractivity contribution in [3.63, 3.8) is 0 Å². The predicted octanol–water partition coefficient (Wildman–Crippen LogP) is 2.05. The monoisotopic (exact) mass is 226 g/mol. The number of rotatable bonds is 4. The van der Waals surface area contributed by atoms with Gasteiger partial charge in [-0.2, -0.15) is 0 Å². The number of amides is 1. The number of nitrogens with one attached hydrogen (secondary N) is 1. The van der Waals surface area contributed by atoms with Crippen molar-refractivity contribution in [2.75, 3.05) is 0 Å². The van der Waals surface area contributed by atoms with Crippen LogP contribution in [0.25, 0.3) is 0 Å². The molecule has 1 fully saturated rings. The molecule has 0 spiro atoms. The largest absolute Gasteiger partial charge is 0.353 e. The Bertz CT molecular complexity index is 216. The van der Waals surface area contributed by atoms with E-state index in [0.29, 0.717) is 12.0 Å². The quantitative estimate of drug-likeness (QED) is 0.771. The van der Waals surface area contributed by atoms with Crippen molar-refractivity contribution in [1.82, 2.24) is 5.32 Å². The van der Waals surface area contributed by atoms with Gasteiger partial charge in [-0.3, -0.25) is 4.79 Å². The second kappa shape index (κ2) is 6.24. The first-order valence-corrected chi connectivity index (χ1v) is 6.62. The first kappa shape index (κ1) is 13.5. The van der Waals surface area contributed by atoms with E-state index >= 15 is 0 Å². The Morgan fingerprint density at radius 2 is 1.94 bits per heavy atom. The topological polar surface area (TPSA) is 55.1 Å². The minimum atomic E-state index is 0.138. The lowest BCUT2D eigenvalue weighted by Gasteiger charge is -2.31. The average molecular weight is 226 g/mol. The molecule has 0 aromatic rings. The van der Waals surface area contributed by atoms with E-state index in [-0.39, 0.29) is 17.9 Å². The standard InChI is InChI=1S/C13H26N2O/c1-4-12(5-2)15-13(16)10-6-9(3)7-11(14)8-10/h9-12H,4-8,14H2,1-3H3,(H,15,16). The highest BCUT2D eigenvalue weighted by Crippen LogP contribution is 2.28. The van der Waals surface area contributed by atoms with Crippen LogP contribution in [0.3, 0.4) is 0 Å². The highest BCUT2D eigenvalue weighted by molar-refractivity contribution is 5.79. The van der Waals surface area contributed by atoms with Crippen LogP contribution in [0, 0.1) is 11.8 Å². The van der Waals surface area contributed by atoms with Gasteiger partial charge in [-0.15, -0.1) is 0 Å². The smallest absolute Gasteiger partial charge is 0.223 e. The first-order chi connectivity index (χ1) is 7.56. The molecule has 0 radical (unpaired) electrons. The third-order valence-corrected chi connectivity index (χ3v) is 3.68. The third-order valence-electron chi connectivity index (χ3n) is 3.68. The molecule has 0 saturated heterocycles. The molecule has 3 heteroatoms. The van der Waals surface area contributed by atoms with Crippen molar-refractivity contribution < 1.29 is 4.79 Å². The van der Waals surface area contributed by atoms with E-state index in [1.807, 2.05) is 0 Å². The summed E-state index contributed by atoms with van der Waals surface area (Å²) >= 11 is 0. The number of hydrogen-bond acceptors (Lipinski definition) is 2. The maximum atomic E-state index is 12.1. The van der Waals surface area contributed by atoms with Gasteiger partial charge in [0.1, 0.15) is 0 Å². The third kappa shape index (κ3) is 3.78. The molecule has 0 heterocycles. The van der Waals surface area contributed by atoms with Crippen molar-refractivity contribution >= 4 is 5.91 Å². The zero-order valence-electron chi connectivity index (χ0n) is 10.8. The number of carbonyl (C=O) groups is 1. The molecule has 3 atom stereocenters. The lowest BCUT2D eigenvalue weighted by atomic mass is 9.79. The van der Waals surface area contributed by atoms with Gasteiger partial charge in [-0.1, -0.05) is 20.8 Å². The van der Waals surface area contributed by atoms with Crippen LogP contribution in [0.5, 0.6) is 0 Å². The Morgan fingerprint density at radius 3 is 2.44 bits per heavy atom. The first-order valence-electron chi connectivity index (χ1n) is 6.62. The fourth-order valence-electron chi connectivity index (χ4n) is 2.68. The lowest BCUT2D eigenvalue weighted by molar-refractivity contribution is -0.127. The molecule has 1 rings (SSSR count). The summed E-state index contributed by atoms with van der Waals surface area (Å²) in [7, 11) is 0. The van der Waals surface area contributed by atoms with Crippen molar-refractivity contribution in [2.45, 2.75) is 65.0 Å². The second-order valence-electron chi connectivity index (χ2n) is 5.29. The van der Waals surface area contributed by atoms with E-state index in [1.54, 1.807) is 0 Å². The van der Waals surface area contributed by atoms with Crippen molar-refractivity contribution in [2.24, 2.45) is 17.6 Å². The van der Waals surface area contributed by atoms with Gasteiger partial charge in [0, 0.05) is 18.0 Å². The Morgan fingerprint density at radius 1 is 1.31 bits per heavy atom. The summed E-state index contributed by atoms with van der Waals surface area (Å²) in [5.74, 6) is 0.941. The van der Waals surface area contributed by atoms with Crippen LogP contribution < -0.4 is 11.1 Å². The zero-order chi connectivity index (χ0) is 12.1. The van der Waals surface area contributed by atoms with Crippen molar-refractivity contribution in [3.8, 4) is 0 Å². The molecule has 1 amide bonds. The summed E-state index contributed by atoms with van der Waals surface area (Å²) < 4.78 is 0. The second-order valence-corrected chi connectivity index (χ2v) is 5.29. The maximum absolute atomic E-state index is 12.1. The van der Waals surface area contributed by atoms with Gasteiger partial charge in [0.05, 0.1) is 0 Å². The number of hydrogen-bond donors (Lipinski definition) is 2. The Kier molecular flexibility index (Phi) is 5.26. The molecule has 94 valence electrons. The van der Waals surface area contributed by atoms with Gasteiger partial charge in [0.2, 0.25) is 5.91 Å². The van der Waals surface area contributed by atoms with Crippen LogP contribution in [-0.2, 0) is 4.79 Å². The van der Waals surface area contributed by atoms with E-state index in [4.69, 9.17) is 5.73 Å². The van der Waals surface area contributed by atoms with E-state index in [1.165, 1.54) is 0 Å². The summed E-state index contributed by atoms with van der Waals surface area (Å²) in [6, 6.07) is 0.544. The van der Waals surface area contributed by atoms with Crippen LogP contribution in [0.2, 0.25) is 0 Å². The Labute approximate surface area is 99.2 Å². The maximum Gasteiger partial charge on any atom is 0.223 e. The van der Waals surface area contributed by atoms with Gasteiger partial charge in [-0.05, 0) is 38.0 Å². The lowest BCUT2D eigenvalue weighted by Crippen LogP contribution is -2.43. The number of carbonyl (C=O) groups excluding carboxylic acids is 1. The fourth-order valence-corrected chi connectivity index (χ4v) is 2.68. The molecule has 0 aliphatic heterocycles. The Balaban J connectivity index is 2.46. The van der Waals surface area contributed by atoms with Crippen molar-refractivity contribution in [1.29, 1.82) is 0 Å². The minimum Gasteiger partial charge on any atom is -0.353 e. The molecule has 0 aromatic heterocycles. The van der Waals surface area contributed by atoms with Crippen LogP contribution in [-0.4, -0.2) is 18.0 Å². The highest BCUT2D eigenvalue weighted by atomic mass is 16.1. The molecule has 1 aliphatic rings. The van der Waals surface area contributed by atoms with E-state index in [2.05, 4.69) is 26.1 Å². The molecule has 1 saturated carbocycles. The molecule has 0 bridgehead atoms. The molecular formula is C13H26N2O. The predicted molar refractivity (Wildman–Crippen MR) is 67.0 cm³/mol. The van der Waals surface area contributed by atoms with Gasteiger partial charge < -0.3 is 11.1 Å². The normalized spacial score (nSPS) is 30.4. The summed E-state index contributed by atoms with van der Waals surface area (Å²) in [5, 5.41) is 3.13. The average Bonchev–Trinajstić information content (AvgIpc) is 2.24. The molecule has 0 aromatic carbocycles. The van der Waals surface area contributed by atoms with Crippen LogP contribution in [0.4, 0.5) is 0 Å². The van der Waals surface area contributed by atoms with E-state index < -0.39 is 0 Å². The fraction of sp³-hybridized carbons (Fsp3) is 0.923. The molecule has 3 unspecified atom stereocenters. The summed E-state index contributed by atoms with van der Waals surface area (Å²) in [5.41, 5.74) is 5.97. The highest BCUT2D eigenvalue weighted by Gasteiger charge is 2.29. The molecular weight excluding hydrogens is 200 g/mol. The molecule has 1 aliphatic carbocycles. The zero-order valence-corrected chi connectivity index (χ0v) is 10.8. The van der Waals surface area contributed by atoms with Crippen LogP contribution >= 0.6 is 0 Å². The van der Waals surface area contributed by atoms with E-state index in [9.17, 15) is 4.79 Å². The summed E-state index contributed by atoms with van der Waals surface area (Å²) in [6.45, 7) is 6.42. The van der Waals surface area contributed by atoms with Crippen LogP contribution in [0.1, 0.15) is 52.9 Å². The van der Waals surface area contributed by atoms with Crippen molar-refractivity contribution in [3.05, 3.63) is 0 Å². The molecule has 16 heavy (non-hydrogen) atoms. The minimum absolute atomic E-state index is 0.138. The molecule has 3 N–H and O–H groups in total. The van der Waals surface area contributed by atoms with E-state index in [0.717, 1.165) is 32.1 Å². The van der Waals surface area contributed by atoms with Gasteiger partial charge in [-0.25, -0.2) is 0 Å². The van der Waals surface area contributed by atoms with Gasteiger partial charge in [0.15, 0.2) is 0 Å². The van der Waals surface area contributed by atoms with Gasteiger partial charge in [0.25, 0.3) is 0 Å². The summed E-state index contributed by atoms with van der Waals surface area (Å²) in [6.07, 6.45) is 4.94.